The van der Waals surface area contributed by atoms with Crippen LogP contribution in [0.15, 0.2) is 67.0 Å². The number of rotatable bonds is 8. The summed E-state index contributed by atoms with van der Waals surface area (Å²) in [5.74, 6) is -0.0764. The van der Waals surface area contributed by atoms with Crippen LogP contribution in [0.2, 0.25) is 0 Å². The molecular formula is C22H27N5O. The van der Waals surface area contributed by atoms with Crippen molar-refractivity contribution in [3.05, 3.63) is 78.1 Å². The summed E-state index contributed by atoms with van der Waals surface area (Å²) in [7, 11) is 0. The van der Waals surface area contributed by atoms with E-state index in [-0.39, 0.29) is 17.4 Å². The quantitative estimate of drug-likeness (QED) is 0.653. The van der Waals surface area contributed by atoms with E-state index in [0.717, 1.165) is 12.0 Å². The van der Waals surface area contributed by atoms with Crippen LogP contribution in [0.25, 0.3) is 0 Å². The third-order valence-corrected chi connectivity index (χ3v) is 5.02. The molecule has 3 rings (SSSR count). The number of tetrazole rings is 1. The molecule has 0 spiro atoms. The molecule has 1 N–H and O–H groups in total. The van der Waals surface area contributed by atoms with E-state index in [1.54, 1.807) is 0 Å². The van der Waals surface area contributed by atoms with Crippen molar-refractivity contribution in [3.63, 3.8) is 0 Å². The summed E-state index contributed by atoms with van der Waals surface area (Å²) in [5, 5.41) is 14.5. The maximum atomic E-state index is 13.1. The fourth-order valence-electron chi connectivity index (χ4n) is 3.62. The minimum atomic E-state index is -0.486. The summed E-state index contributed by atoms with van der Waals surface area (Å²) >= 11 is 0. The third kappa shape index (κ3) is 5.03. The van der Waals surface area contributed by atoms with Crippen molar-refractivity contribution in [1.82, 2.24) is 25.5 Å². The zero-order valence-electron chi connectivity index (χ0n) is 16.6. The lowest BCUT2D eigenvalue weighted by Gasteiger charge is -2.30. The minimum Gasteiger partial charge on any atom is -0.352 e. The number of amides is 1. The molecule has 0 saturated heterocycles. The Labute approximate surface area is 166 Å². The number of benzene rings is 2. The van der Waals surface area contributed by atoms with E-state index in [1.165, 1.54) is 16.6 Å². The molecule has 0 aliphatic carbocycles. The van der Waals surface area contributed by atoms with Crippen molar-refractivity contribution in [3.8, 4) is 0 Å². The van der Waals surface area contributed by atoms with E-state index < -0.39 is 6.04 Å². The second-order valence-corrected chi connectivity index (χ2v) is 7.86. The predicted octanol–water partition coefficient (Wildman–Crippen LogP) is 3.33. The first-order valence-corrected chi connectivity index (χ1v) is 9.58. The Morgan fingerprint density at radius 1 is 1.07 bits per heavy atom. The maximum Gasteiger partial charge on any atom is 0.245 e. The molecule has 3 aromatic rings. The lowest BCUT2D eigenvalue weighted by molar-refractivity contribution is -0.125. The summed E-state index contributed by atoms with van der Waals surface area (Å²) in [4.78, 5) is 13.1. The van der Waals surface area contributed by atoms with Crippen LogP contribution >= 0.6 is 0 Å². The topological polar surface area (TPSA) is 72.7 Å². The Morgan fingerprint density at radius 3 is 2.32 bits per heavy atom. The average Bonchev–Trinajstić information content (AvgIpc) is 3.21. The standard InChI is InChI=1S/C22H27N5O/c1-17(15-22(2,3)19-12-8-5-9-13-19)24-21(28)20(27-16-23-25-26-27)14-18-10-6-4-7-11-18/h4-13,16-17,20H,14-15H2,1-3H3,(H,24,28). The number of aromatic nitrogens is 4. The number of carbonyl (C=O) groups is 1. The number of nitrogens with one attached hydrogen (secondary N) is 1. The molecule has 1 heterocycles. The van der Waals surface area contributed by atoms with Gasteiger partial charge in [0.15, 0.2) is 0 Å². The van der Waals surface area contributed by atoms with Crippen LogP contribution in [0.5, 0.6) is 0 Å². The normalized spacial score (nSPS) is 13.7. The molecule has 6 heteroatoms. The van der Waals surface area contributed by atoms with Gasteiger partial charge in [-0.05, 0) is 40.3 Å². The van der Waals surface area contributed by atoms with E-state index in [9.17, 15) is 4.79 Å². The molecule has 0 radical (unpaired) electrons. The molecule has 1 aromatic heterocycles. The molecule has 0 saturated carbocycles. The highest BCUT2D eigenvalue weighted by molar-refractivity contribution is 5.80. The summed E-state index contributed by atoms with van der Waals surface area (Å²) in [5.41, 5.74) is 2.28. The summed E-state index contributed by atoms with van der Waals surface area (Å²) in [6, 6.07) is 19.8. The molecule has 146 valence electrons. The summed E-state index contributed by atoms with van der Waals surface area (Å²) in [6.07, 6.45) is 2.86. The van der Waals surface area contributed by atoms with Crippen LogP contribution in [-0.2, 0) is 16.6 Å². The SMILES string of the molecule is CC(CC(C)(C)c1ccccc1)NC(=O)C(Cc1ccccc1)n1cnnn1. The van der Waals surface area contributed by atoms with Gasteiger partial charge >= 0.3 is 0 Å². The molecule has 1 amide bonds. The second kappa shape index (κ2) is 8.78. The first kappa shape index (κ1) is 19.7. The van der Waals surface area contributed by atoms with Crippen molar-refractivity contribution in [2.45, 2.75) is 51.1 Å². The monoisotopic (exact) mass is 377 g/mol. The van der Waals surface area contributed by atoms with Gasteiger partial charge in [0.25, 0.3) is 0 Å². The zero-order chi connectivity index (χ0) is 20.0. The third-order valence-electron chi connectivity index (χ3n) is 5.02. The second-order valence-electron chi connectivity index (χ2n) is 7.86. The fraction of sp³-hybridized carbons (Fsp3) is 0.364. The zero-order valence-corrected chi connectivity index (χ0v) is 16.6. The van der Waals surface area contributed by atoms with Gasteiger partial charge in [0.05, 0.1) is 0 Å². The number of carbonyl (C=O) groups excluding carboxylic acids is 1. The van der Waals surface area contributed by atoms with Crippen LogP contribution in [0.3, 0.4) is 0 Å². The Morgan fingerprint density at radius 2 is 1.71 bits per heavy atom. The number of nitrogens with zero attached hydrogens (tertiary/aromatic N) is 4. The van der Waals surface area contributed by atoms with Gasteiger partial charge in [0.1, 0.15) is 12.4 Å². The van der Waals surface area contributed by atoms with E-state index in [2.05, 4.69) is 46.8 Å². The molecule has 2 aromatic carbocycles. The predicted molar refractivity (Wildman–Crippen MR) is 109 cm³/mol. The molecule has 0 aliphatic rings. The minimum absolute atomic E-state index is 0.0115. The fourth-order valence-corrected chi connectivity index (χ4v) is 3.62. The Hall–Kier alpha value is -3.02. The number of hydrogen-bond acceptors (Lipinski definition) is 4. The van der Waals surface area contributed by atoms with Crippen LogP contribution in [0.1, 0.15) is 44.4 Å². The van der Waals surface area contributed by atoms with E-state index >= 15 is 0 Å². The Kier molecular flexibility index (Phi) is 6.19. The van der Waals surface area contributed by atoms with E-state index in [4.69, 9.17) is 0 Å². The average molecular weight is 377 g/mol. The molecule has 0 fully saturated rings. The highest BCUT2D eigenvalue weighted by atomic mass is 16.2. The molecule has 0 aliphatic heterocycles. The lowest BCUT2D eigenvalue weighted by atomic mass is 9.79. The molecule has 6 nitrogen and oxygen atoms in total. The van der Waals surface area contributed by atoms with Gasteiger partial charge in [-0.15, -0.1) is 5.10 Å². The van der Waals surface area contributed by atoms with E-state index in [1.807, 2.05) is 55.5 Å². The van der Waals surface area contributed by atoms with Gasteiger partial charge in [-0.3, -0.25) is 4.79 Å². The van der Waals surface area contributed by atoms with E-state index in [0.29, 0.717) is 6.42 Å². The van der Waals surface area contributed by atoms with Gasteiger partial charge in [0.2, 0.25) is 5.91 Å². The summed E-state index contributed by atoms with van der Waals surface area (Å²) < 4.78 is 1.53. The molecule has 2 atom stereocenters. The van der Waals surface area contributed by atoms with Crippen LogP contribution in [0, 0.1) is 0 Å². The van der Waals surface area contributed by atoms with Crippen molar-refractivity contribution in [2.24, 2.45) is 0 Å². The largest absolute Gasteiger partial charge is 0.352 e. The number of hydrogen-bond donors (Lipinski definition) is 1. The van der Waals surface area contributed by atoms with Crippen molar-refractivity contribution < 1.29 is 4.79 Å². The molecule has 28 heavy (non-hydrogen) atoms. The van der Waals surface area contributed by atoms with Gasteiger partial charge in [0, 0.05) is 12.5 Å². The molecule has 0 bridgehead atoms. The summed E-state index contributed by atoms with van der Waals surface area (Å²) in [6.45, 7) is 6.45. The van der Waals surface area contributed by atoms with Crippen molar-refractivity contribution >= 4 is 5.91 Å². The van der Waals surface area contributed by atoms with Gasteiger partial charge in [-0.25, -0.2) is 4.68 Å². The van der Waals surface area contributed by atoms with Gasteiger partial charge in [-0.2, -0.15) is 0 Å². The van der Waals surface area contributed by atoms with Crippen LogP contribution in [0.4, 0.5) is 0 Å². The van der Waals surface area contributed by atoms with Gasteiger partial charge < -0.3 is 5.32 Å². The first-order chi connectivity index (χ1) is 13.5. The lowest BCUT2D eigenvalue weighted by Crippen LogP contribution is -2.42. The van der Waals surface area contributed by atoms with Crippen LogP contribution in [-0.4, -0.2) is 32.2 Å². The Bertz CT molecular complexity index is 862. The maximum absolute atomic E-state index is 13.1. The highest BCUT2D eigenvalue weighted by Gasteiger charge is 2.27. The molecular weight excluding hydrogens is 350 g/mol. The highest BCUT2D eigenvalue weighted by Crippen LogP contribution is 2.28. The smallest absolute Gasteiger partial charge is 0.245 e. The van der Waals surface area contributed by atoms with Crippen LogP contribution < -0.4 is 5.32 Å². The first-order valence-electron chi connectivity index (χ1n) is 9.58. The van der Waals surface area contributed by atoms with Crippen molar-refractivity contribution in [1.29, 1.82) is 0 Å². The molecule has 2 unspecified atom stereocenters. The van der Waals surface area contributed by atoms with Crippen molar-refractivity contribution in [2.75, 3.05) is 0 Å². The van der Waals surface area contributed by atoms with Gasteiger partial charge in [-0.1, -0.05) is 74.5 Å². The Balaban J connectivity index is 1.69.